The molecule has 0 fully saturated rings. The summed E-state index contributed by atoms with van der Waals surface area (Å²) < 4.78 is 0. The van der Waals surface area contributed by atoms with E-state index in [1.165, 1.54) is 33.4 Å². The van der Waals surface area contributed by atoms with Gasteiger partial charge in [0.05, 0.1) is 0 Å². The summed E-state index contributed by atoms with van der Waals surface area (Å²) in [5.41, 5.74) is 8.49. The zero-order chi connectivity index (χ0) is 12.3. The Labute approximate surface area is 116 Å². The van der Waals surface area contributed by atoms with E-state index in [1.54, 1.807) is 0 Å². The van der Waals surface area contributed by atoms with Crippen molar-refractivity contribution in [2.45, 2.75) is 41.5 Å². The smallest absolute Gasteiger partial charge is 0 e. The second-order valence-corrected chi connectivity index (χ2v) is 4.65. The molecule has 1 heteroatoms. The normalized spacial score (nSPS) is 9.29. The maximum absolute atomic E-state index is 2.16. The first-order valence-electron chi connectivity index (χ1n) is 5.82. The maximum Gasteiger partial charge on any atom is 0 e. The van der Waals surface area contributed by atoms with Gasteiger partial charge in [-0.25, -0.2) is 26.8 Å². The first-order chi connectivity index (χ1) is 7.43. The van der Waals surface area contributed by atoms with Crippen molar-refractivity contribution >= 4 is 0 Å². The minimum Gasteiger partial charge on any atom is -0.745 e. The van der Waals surface area contributed by atoms with Crippen LogP contribution in [0.2, 0.25) is 0 Å². The van der Waals surface area contributed by atoms with E-state index in [1.807, 2.05) is 0 Å². The Morgan fingerprint density at radius 1 is 0.941 bits per heavy atom. The average Bonchev–Trinajstić information content (AvgIpc) is 2.70. The molecule has 0 nitrogen and oxygen atoms in total. The van der Waals surface area contributed by atoms with Gasteiger partial charge in [0.2, 0.25) is 0 Å². The molecule has 2 rings (SSSR count). The Morgan fingerprint density at radius 2 is 1.41 bits per heavy atom. The van der Waals surface area contributed by atoms with E-state index >= 15 is 0 Å². The molecular weight excluding hydrogens is 248 g/mol. The average molecular weight is 270 g/mol. The van der Waals surface area contributed by atoms with Gasteiger partial charge in [0.25, 0.3) is 0 Å². The zero-order valence-electron chi connectivity index (χ0n) is 11.7. The van der Waals surface area contributed by atoms with E-state index in [4.69, 9.17) is 0 Å². The molecule has 17 heavy (non-hydrogen) atoms. The van der Waals surface area contributed by atoms with Gasteiger partial charge in [-0.05, 0) is 0 Å². The van der Waals surface area contributed by atoms with Crippen molar-refractivity contribution in [3.05, 3.63) is 57.6 Å². The molecule has 2 aromatic carbocycles. The predicted molar refractivity (Wildman–Crippen MR) is 72.5 cm³/mol. The number of hydrogen-bond donors (Lipinski definition) is 0. The molecular formula is C16H22Fe-6. The summed E-state index contributed by atoms with van der Waals surface area (Å²) in [4.78, 5) is 0. The summed E-state index contributed by atoms with van der Waals surface area (Å²) in [5, 5.41) is 0. The molecule has 0 amide bonds. The van der Waals surface area contributed by atoms with Crippen LogP contribution < -0.4 is 0 Å². The molecule has 0 spiro atoms. The standard InChI is InChI=1S/2C8H11.Fe/c2*1-6-4-5-7(2)8(6)3;/h2*4-5H,1-3H3;/q-5;-1;. The largest absolute Gasteiger partial charge is 0.745 e. The number of aryl methyl sites for hydroxylation is 4. The van der Waals surface area contributed by atoms with E-state index in [-0.39, 0.29) is 17.1 Å². The maximum atomic E-state index is 2.16. The summed E-state index contributed by atoms with van der Waals surface area (Å²) in [5.74, 6) is 0. The Morgan fingerprint density at radius 3 is 1.53 bits per heavy atom. The number of rotatable bonds is 0. The number of hydrogen-bond acceptors (Lipinski definition) is 0. The molecule has 0 heterocycles. The van der Waals surface area contributed by atoms with Gasteiger partial charge in [-0.2, -0.15) is 22.8 Å². The summed E-state index contributed by atoms with van der Waals surface area (Å²) in [7, 11) is 0. The molecule has 0 aliphatic heterocycles. The van der Waals surface area contributed by atoms with E-state index < -0.39 is 0 Å². The summed E-state index contributed by atoms with van der Waals surface area (Å²) in [6, 6.07) is 8.63. The molecule has 0 atom stereocenters. The summed E-state index contributed by atoms with van der Waals surface area (Å²) >= 11 is 0. The molecule has 0 aromatic heterocycles. The molecule has 100 valence electrons. The van der Waals surface area contributed by atoms with Crippen LogP contribution in [0.25, 0.3) is 0 Å². The van der Waals surface area contributed by atoms with Crippen LogP contribution in [-0.4, -0.2) is 0 Å². The summed E-state index contributed by atoms with van der Waals surface area (Å²) in [6.45, 7) is 12.9. The van der Waals surface area contributed by atoms with E-state index in [9.17, 15) is 0 Å². The minimum absolute atomic E-state index is 0. The Balaban J connectivity index is 0.000000284. The van der Waals surface area contributed by atoms with Crippen LogP contribution in [0.3, 0.4) is 0 Å². The van der Waals surface area contributed by atoms with E-state index in [0.717, 1.165) is 0 Å². The topological polar surface area (TPSA) is 0 Å². The zero-order valence-corrected chi connectivity index (χ0v) is 12.8. The van der Waals surface area contributed by atoms with Gasteiger partial charge in [-0.15, -0.1) is 0 Å². The molecule has 0 aliphatic rings. The fraction of sp³-hybridized carbons (Fsp3) is 0.375. The monoisotopic (exact) mass is 270 g/mol. The van der Waals surface area contributed by atoms with Gasteiger partial charge in [-0.1, -0.05) is 20.8 Å². The van der Waals surface area contributed by atoms with Crippen molar-refractivity contribution in [3.63, 3.8) is 0 Å². The fourth-order valence-electron chi connectivity index (χ4n) is 1.62. The van der Waals surface area contributed by atoms with Crippen molar-refractivity contribution in [1.29, 1.82) is 0 Å². The second-order valence-electron chi connectivity index (χ2n) is 4.65. The summed E-state index contributed by atoms with van der Waals surface area (Å²) in [6.07, 6.45) is 0. The van der Waals surface area contributed by atoms with Crippen LogP contribution >= 0.6 is 0 Å². The Hall–Kier alpha value is -0.781. The van der Waals surface area contributed by atoms with Crippen molar-refractivity contribution in [1.82, 2.24) is 0 Å². The van der Waals surface area contributed by atoms with Gasteiger partial charge < -0.3 is 28.8 Å². The van der Waals surface area contributed by atoms with Gasteiger partial charge in [0.1, 0.15) is 0 Å². The molecule has 0 N–H and O–H groups in total. The van der Waals surface area contributed by atoms with Crippen molar-refractivity contribution in [3.8, 4) is 0 Å². The minimum atomic E-state index is 0. The Kier molecular flexibility index (Phi) is 6.52. The van der Waals surface area contributed by atoms with Crippen LogP contribution in [0.15, 0.2) is 24.3 Å². The SMILES string of the molecule is C[c-]1[cH-][cH-][c-](C)[c-]1C.Cc1cc[c-](C)c1C.[Fe]. The first kappa shape index (κ1) is 16.2. The van der Waals surface area contributed by atoms with Gasteiger partial charge in [-0.3, -0.25) is 0 Å². The predicted octanol–water partition coefficient (Wildman–Crippen LogP) is 4.66. The first-order valence-corrected chi connectivity index (χ1v) is 5.82. The van der Waals surface area contributed by atoms with Gasteiger partial charge >= 0.3 is 0 Å². The third-order valence-electron chi connectivity index (χ3n) is 3.53. The molecule has 0 unspecified atom stereocenters. The van der Waals surface area contributed by atoms with Crippen LogP contribution in [0.5, 0.6) is 0 Å². The van der Waals surface area contributed by atoms with Crippen LogP contribution in [0, 0.1) is 41.5 Å². The second kappa shape index (κ2) is 6.83. The third-order valence-corrected chi connectivity index (χ3v) is 3.53. The quantitative estimate of drug-likeness (QED) is 0.482. The fourth-order valence-corrected chi connectivity index (χ4v) is 1.62. The van der Waals surface area contributed by atoms with E-state index in [0.29, 0.717) is 0 Å². The molecule has 2 aromatic rings. The molecule has 0 aliphatic carbocycles. The van der Waals surface area contributed by atoms with Crippen molar-refractivity contribution in [2.75, 3.05) is 0 Å². The van der Waals surface area contributed by atoms with Gasteiger partial charge in [0, 0.05) is 17.1 Å². The third kappa shape index (κ3) is 4.18. The van der Waals surface area contributed by atoms with Crippen molar-refractivity contribution < 1.29 is 17.1 Å². The van der Waals surface area contributed by atoms with Gasteiger partial charge in [0.15, 0.2) is 0 Å². The van der Waals surface area contributed by atoms with Crippen LogP contribution in [-0.2, 0) is 17.1 Å². The van der Waals surface area contributed by atoms with E-state index in [2.05, 4.69) is 65.8 Å². The van der Waals surface area contributed by atoms with Crippen LogP contribution in [0.1, 0.15) is 33.4 Å². The molecule has 0 radical (unpaired) electrons. The molecule has 0 saturated carbocycles. The molecule has 0 bridgehead atoms. The van der Waals surface area contributed by atoms with Crippen LogP contribution in [0.4, 0.5) is 0 Å². The van der Waals surface area contributed by atoms with Crippen molar-refractivity contribution in [2.24, 2.45) is 0 Å². The Bertz CT molecular complexity index is 375. The molecule has 0 saturated heterocycles.